The second-order valence-corrected chi connectivity index (χ2v) is 7.37. The lowest BCUT2D eigenvalue weighted by atomic mass is 9.73. The highest BCUT2D eigenvalue weighted by atomic mass is 14.3. The van der Waals surface area contributed by atoms with Gasteiger partial charge in [-0.2, -0.15) is 0 Å². The van der Waals surface area contributed by atoms with Gasteiger partial charge in [0.15, 0.2) is 0 Å². The van der Waals surface area contributed by atoms with Crippen LogP contribution in [0, 0.1) is 12.3 Å². The van der Waals surface area contributed by atoms with Crippen molar-refractivity contribution in [3.05, 3.63) is 59.2 Å². The van der Waals surface area contributed by atoms with E-state index >= 15 is 0 Å². The lowest BCUT2D eigenvalue weighted by Crippen LogP contribution is -2.22. The molecule has 0 atom stereocenters. The summed E-state index contributed by atoms with van der Waals surface area (Å²) in [5.74, 6) is 0. The van der Waals surface area contributed by atoms with E-state index in [0.717, 1.165) is 0 Å². The van der Waals surface area contributed by atoms with E-state index in [2.05, 4.69) is 63.2 Å². The fourth-order valence-electron chi connectivity index (χ4n) is 3.92. The maximum absolute atomic E-state index is 2.40. The average Bonchev–Trinajstić information content (AvgIpc) is 2.46. The van der Waals surface area contributed by atoms with Crippen LogP contribution < -0.4 is 0 Å². The van der Waals surface area contributed by atoms with Crippen molar-refractivity contribution in [2.24, 2.45) is 5.41 Å². The lowest BCUT2D eigenvalue weighted by molar-refractivity contribution is 0.317. The standard InChI is InChI=1S/C21H22/c1-14-5-4-6-17-16(14)9-10-19-18(17)8-7-15-11-12-21(2,3)13-20(15)19/h4-10H,11-13H2,1-3H3. The zero-order valence-electron chi connectivity index (χ0n) is 13.2. The third-order valence-corrected chi connectivity index (χ3v) is 5.21. The molecule has 0 radical (unpaired) electrons. The Labute approximate surface area is 126 Å². The molecule has 0 aromatic heterocycles. The monoisotopic (exact) mass is 274 g/mol. The van der Waals surface area contributed by atoms with Crippen molar-refractivity contribution in [3.63, 3.8) is 0 Å². The SMILES string of the molecule is Cc1cccc2c1ccc1c3c(ccc12)CCC(C)(C)C3. The lowest BCUT2D eigenvalue weighted by Gasteiger charge is -2.32. The Balaban J connectivity index is 2.08. The summed E-state index contributed by atoms with van der Waals surface area (Å²) in [7, 11) is 0. The molecule has 0 fully saturated rings. The summed E-state index contributed by atoms with van der Waals surface area (Å²) in [6.07, 6.45) is 3.74. The van der Waals surface area contributed by atoms with E-state index in [0.29, 0.717) is 5.41 Å². The van der Waals surface area contributed by atoms with Crippen molar-refractivity contribution in [2.75, 3.05) is 0 Å². The van der Waals surface area contributed by atoms with Crippen LogP contribution >= 0.6 is 0 Å². The van der Waals surface area contributed by atoms with Crippen LogP contribution in [-0.4, -0.2) is 0 Å². The van der Waals surface area contributed by atoms with Crippen LogP contribution in [0.25, 0.3) is 21.5 Å². The highest BCUT2D eigenvalue weighted by Gasteiger charge is 2.26. The van der Waals surface area contributed by atoms with E-state index in [-0.39, 0.29) is 0 Å². The van der Waals surface area contributed by atoms with Gasteiger partial charge in [-0.3, -0.25) is 0 Å². The van der Waals surface area contributed by atoms with Crippen molar-refractivity contribution in [2.45, 2.75) is 40.0 Å². The Bertz CT molecular complexity index is 853. The number of rotatable bonds is 0. The number of hydrogen-bond donors (Lipinski definition) is 0. The fraction of sp³-hybridized carbons (Fsp3) is 0.333. The Morgan fingerprint density at radius 1 is 0.810 bits per heavy atom. The summed E-state index contributed by atoms with van der Waals surface area (Å²) in [5.41, 5.74) is 4.96. The van der Waals surface area contributed by atoms with E-state index in [1.807, 2.05) is 0 Å². The first-order valence-electron chi connectivity index (χ1n) is 7.98. The molecule has 0 nitrogen and oxygen atoms in total. The van der Waals surface area contributed by atoms with Crippen LogP contribution in [0.3, 0.4) is 0 Å². The molecule has 1 aliphatic rings. The van der Waals surface area contributed by atoms with Crippen LogP contribution in [0.4, 0.5) is 0 Å². The summed E-state index contributed by atoms with van der Waals surface area (Å²) >= 11 is 0. The molecule has 0 bridgehead atoms. The zero-order chi connectivity index (χ0) is 14.6. The normalized spacial score (nSPS) is 17.1. The minimum atomic E-state index is 0.433. The van der Waals surface area contributed by atoms with Gasteiger partial charge in [0.05, 0.1) is 0 Å². The molecule has 0 unspecified atom stereocenters. The highest BCUT2D eigenvalue weighted by Crippen LogP contribution is 2.39. The molecule has 0 saturated carbocycles. The van der Waals surface area contributed by atoms with Gasteiger partial charge in [0.1, 0.15) is 0 Å². The molecule has 3 aromatic carbocycles. The van der Waals surface area contributed by atoms with E-state index in [9.17, 15) is 0 Å². The predicted molar refractivity (Wildman–Crippen MR) is 92.0 cm³/mol. The third-order valence-electron chi connectivity index (χ3n) is 5.21. The molecule has 3 aromatic rings. The van der Waals surface area contributed by atoms with E-state index < -0.39 is 0 Å². The highest BCUT2D eigenvalue weighted by molar-refractivity contribution is 6.09. The second-order valence-electron chi connectivity index (χ2n) is 7.37. The molecule has 0 amide bonds. The van der Waals surface area contributed by atoms with Gasteiger partial charge in [0.25, 0.3) is 0 Å². The summed E-state index contributed by atoms with van der Waals surface area (Å²) in [5, 5.41) is 5.68. The number of benzene rings is 3. The van der Waals surface area contributed by atoms with Crippen LogP contribution in [-0.2, 0) is 12.8 Å². The largest absolute Gasteiger partial charge is 0.0613 e. The Morgan fingerprint density at radius 2 is 1.52 bits per heavy atom. The quantitative estimate of drug-likeness (QED) is 0.453. The molecular formula is C21H22. The molecule has 0 heterocycles. The minimum absolute atomic E-state index is 0.433. The van der Waals surface area contributed by atoms with Gasteiger partial charge >= 0.3 is 0 Å². The van der Waals surface area contributed by atoms with E-state index in [4.69, 9.17) is 0 Å². The van der Waals surface area contributed by atoms with Gasteiger partial charge in [-0.25, -0.2) is 0 Å². The van der Waals surface area contributed by atoms with Gasteiger partial charge in [-0.1, -0.05) is 56.3 Å². The molecule has 1 aliphatic carbocycles. The van der Waals surface area contributed by atoms with Gasteiger partial charge in [-0.05, 0) is 69.8 Å². The molecule has 0 aliphatic heterocycles. The smallest absolute Gasteiger partial charge is 0.0102 e. The zero-order valence-corrected chi connectivity index (χ0v) is 13.2. The first-order valence-corrected chi connectivity index (χ1v) is 7.98. The maximum Gasteiger partial charge on any atom is -0.0102 e. The first kappa shape index (κ1) is 12.9. The molecular weight excluding hydrogens is 252 g/mol. The van der Waals surface area contributed by atoms with Crippen LogP contribution in [0.2, 0.25) is 0 Å². The summed E-state index contributed by atoms with van der Waals surface area (Å²) in [4.78, 5) is 0. The Kier molecular flexibility index (Phi) is 2.66. The third kappa shape index (κ3) is 1.97. The van der Waals surface area contributed by atoms with Crippen molar-refractivity contribution < 1.29 is 0 Å². The first-order chi connectivity index (χ1) is 10.1. The molecule has 106 valence electrons. The number of aryl methyl sites for hydroxylation is 2. The Hall–Kier alpha value is -1.82. The average molecular weight is 274 g/mol. The minimum Gasteiger partial charge on any atom is -0.0613 e. The van der Waals surface area contributed by atoms with Crippen molar-refractivity contribution in [1.82, 2.24) is 0 Å². The number of fused-ring (bicyclic) bond motifs is 5. The van der Waals surface area contributed by atoms with Gasteiger partial charge in [-0.15, -0.1) is 0 Å². The topological polar surface area (TPSA) is 0 Å². The van der Waals surface area contributed by atoms with Gasteiger partial charge in [0.2, 0.25) is 0 Å². The second kappa shape index (κ2) is 4.34. The molecule has 0 spiro atoms. The van der Waals surface area contributed by atoms with Gasteiger partial charge in [0, 0.05) is 0 Å². The molecule has 4 rings (SSSR count). The summed E-state index contributed by atoms with van der Waals surface area (Å²) in [6, 6.07) is 16.0. The van der Waals surface area contributed by atoms with Crippen molar-refractivity contribution in [1.29, 1.82) is 0 Å². The van der Waals surface area contributed by atoms with Crippen LogP contribution in [0.5, 0.6) is 0 Å². The molecule has 0 N–H and O–H groups in total. The molecule has 0 heteroatoms. The van der Waals surface area contributed by atoms with Crippen LogP contribution in [0.1, 0.15) is 37.0 Å². The van der Waals surface area contributed by atoms with E-state index in [1.165, 1.54) is 46.4 Å². The van der Waals surface area contributed by atoms with Crippen molar-refractivity contribution >= 4 is 21.5 Å². The molecule has 0 saturated heterocycles. The molecule has 21 heavy (non-hydrogen) atoms. The summed E-state index contributed by atoms with van der Waals surface area (Å²) in [6.45, 7) is 7.01. The maximum atomic E-state index is 2.40. The number of hydrogen-bond acceptors (Lipinski definition) is 0. The van der Waals surface area contributed by atoms with E-state index in [1.54, 1.807) is 11.1 Å². The van der Waals surface area contributed by atoms with Gasteiger partial charge < -0.3 is 0 Å². The summed E-state index contributed by atoms with van der Waals surface area (Å²) < 4.78 is 0. The predicted octanol–water partition coefficient (Wildman–Crippen LogP) is 5.82. The van der Waals surface area contributed by atoms with Crippen LogP contribution in [0.15, 0.2) is 42.5 Å². The fourth-order valence-corrected chi connectivity index (χ4v) is 3.92. The Morgan fingerprint density at radius 3 is 2.38 bits per heavy atom. The van der Waals surface area contributed by atoms with Crippen molar-refractivity contribution in [3.8, 4) is 0 Å².